The summed E-state index contributed by atoms with van der Waals surface area (Å²) in [4.78, 5) is 6.68. The molecule has 0 spiro atoms. The zero-order valence-electron chi connectivity index (χ0n) is 12.2. The van der Waals surface area contributed by atoms with Crippen molar-refractivity contribution in [2.24, 2.45) is 0 Å². The van der Waals surface area contributed by atoms with Crippen molar-refractivity contribution in [3.63, 3.8) is 0 Å². The van der Waals surface area contributed by atoms with Crippen LogP contribution in [0.1, 0.15) is 39.0 Å². The monoisotopic (exact) mass is 264 g/mol. The average molecular weight is 264 g/mol. The molecule has 0 bridgehead atoms. The number of nitrogens with zero attached hydrogens (tertiary/aromatic N) is 3. The Morgan fingerprint density at radius 1 is 1.26 bits per heavy atom. The van der Waals surface area contributed by atoms with Gasteiger partial charge in [-0.05, 0) is 58.3 Å². The van der Waals surface area contributed by atoms with Crippen molar-refractivity contribution in [2.45, 2.75) is 51.6 Å². The highest BCUT2D eigenvalue weighted by Crippen LogP contribution is 2.11. The van der Waals surface area contributed by atoms with Crippen LogP contribution in [0.2, 0.25) is 0 Å². The fourth-order valence-corrected chi connectivity index (χ4v) is 2.89. The predicted octanol–water partition coefficient (Wildman–Crippen LogP) is 2.13. The van der Waals surface area contributed by atoms with Gasteiger partial charge in [-0.15, -0.1) is 0 Å². The van der Waals surface area contributed by atoms with Crippen LogP contribution in [-0.2, 0) is 6.54 Å². The van der Waals surface area contributed by atoms with Gasteiger partial charge < -0.3 is 14.8 Å². The number of aromatic nitrogens is 2. The Kier molecular flexibility index (Phi) is 6.37. The molecule has 0 aromatic carbocycles. The molecule has 2 heterocycles. The molecular weight excluding hydrogens is 236 g/mol. The van der Waals surface area contributed by atoms with Gasteiger partial charge in [0.25, 0.3) is 0 Å². The maximum Gasteiger partial charge on any atom is 0.0945 e. The van der Waals surface area contributed by atoms with Gasteiger partial charge in [0.2, 0.25) is 0 Å². The molecule has 2 rings (SSSR count). The number of aryl methyl sites for hydroxylation is 1. The summed E-state index contributed by atoms with van der Waals surface area (Å²) in [6.45, 7) is 8.30. The number of hydrogen-bond acceptors (Lipinski definition) is 3. The van der Waals surface area contributed by atoms with E-state index in [1.807, 2.05) is 18.7 Å². The van der Waals surface area contributed by atoms with E-state index in [0.29, 0.717) is 0 Å². The van der Waals surface area contributed by atoms with Gasteiger partial charge in [0.1, 0.15) is 0 Å². The van der Waals surface area contributed by atoms with E-state index < -0.39 is 0 Å². The second-order valence-corrected chi connectivity index (χ2v) is 5.58. The van der Waals surface area contributed by atoms with Gasteiger partial charge in [0, 0.05) is 25.0 Å². The molecule has 1 aliphatic heterocycles. The predicted molar refractivity (Wildman–Crippen MR) is 79.2 cm³/mol. The summed E-state index contributed by atoms with van der Waals surface area (Å²) in [5, 5.41) is 3.73. The van der Waals surface area contributed by atoms with Crippen molar-refractivity contribution in [3.8, 4) is 0 Å². The average Bonchev–Trinajstić information content (AvgIpc) is 2.83. The van der Waals surface area contributed by atoms with Gasteiger partial charge in [0.05, 0.1) is 6.33 Å². The van der Waals surface area contributed by atoms with Crippen LogP contribution in [-0.4, -0.2) is 46.7 Å². The smallest absolute Gasteiger partial charge is 0.0945 e. The highest BCUT2D eigenvalue weighted by atomic mass is 15.1. The minimum atomic E-state index is 0.727. The number of imidazole rings is 1. The van der Waals surface area contributed by atoms with Crippen LogP contribution >= 0.6 is 0 Å². The molecule has 0 amide bonds. The first-order valence-corrected chi connectivity index (χ1v) is 7.80. The Balaban J connectivity index is 1.58. The third-order valence-corrected chi connectivity index (χ3v) is 3.95. The molecule has 0 aliphatic carbocycles. The first-order chi connectivity index (χ1) is 9.38. The van der Waals surface area contributed by atoms with E-state index in [0.717, 1.165) is 19.1 Å². The Morgan fingerprint density at radius 3 is 3.00 bits per heavy atom. The van der Waals surface area contributed by atoms with Crippen LogP contribution in [0, 0.1) is 0 Å². The highest BCUT2D eigenvalue weighted by Gasteiger charge is 2.15. The number of likely N-dealkylation sites (tertiary alicyclic amines) is 1. The molecule has 1 aromatic rings. The maximum atomic E-state index is 4.07. The minimum absolute atomic E-state index is 0.727. The topological polar surface area (TPSA) is 33.1 Å². The normalized spacial score (nSPS) is 21.4. The Bertz CT molecular complexity index is 323. The van der Waals surface area contributed by atoms with E-state index in [1.54, 1.807) is 0 Å². The van der Waals surface area contributed by atoms with Gasteiger partial charge in [-0.2, -0.15) is 0 Å². The fraction of sp³-hybridized carbons (Fsp3) is 0.800. The lowest BCUT2D eigenvalue weighted by atomic mass is 10.1. The van der Waals surface area contributed by atoms with Crippen molar-refractivity contribution in [1.29, 1.82) is 0 Å². The number of rotatable bonds is 7. The summed E-state index contributed by atoms with van der Waals surface area (Å²) in [5.41, 5.74) is 0. The van der Waals surface area contributed by atoms with E-state index in [1.165, 1.54) is 51.7 Å². The van der Waals surface area contributed by atoms with Crippen LogP contribution in [0.15, 0.2) is 18.7 Å². The van der Waals surface area contributed by atoms with Crippen molar-refractivity contribution < 1.29 is 0 Å². The molecule has 1 unspecified atom stereocenters. The molecule has 1 fully saturated rings. The second-order valence-electron chi connectivity index (χ2n) is 5.58. The molecule has 4 nitrogen and oxygen atoms in total. The van der Waals surface area contributed by atoms with E-state index in [4.69, 9.17) is 0 Å². The largest absolute Gasteiger partial charge is 0.337 e. The molecule has 4 heteroatoms. The number of nitrogens with one attached hydrogen (secondary N) is 1. The molecule has 0 radical (unpaired) electrons. The third kappa shape index (κ3) is 5.33. The summed E-state index contributed by atoms with van der Waals surface area (Å²) in [6, 6.07) is 0.727. The summed E-state index contributed by atoms with van der Waals surface area (Å²) in [5.74, 6) is 0. The molecule has 1 saturated heterocycles. The van der Waals surface area contributed by atoms with Gasteiger partial charge >= 0.3 is 0 Å². The Hall–Kier alpha value is -0.870. The lowest BCUT2D eigenvalue weighted by Crippen LogP contribution is -2.32. The maximum absolute atomic E-state index is 4.07. The van der Waals surface area contributed by atoms with Gasteiger partial charge in [-0.1, -0.05) is 6.92 Å². The number of hydrogen-bond donors (Lipinski definition) is 1. The lowest BCUT2D eigenvalue weighted by Gasteiger charge is -2.19. The summed E-state index contributed by atoms with van der Waals surface area (Å²) in [7, 11) is 0. The zero-order valence-corrected chi connectivity index (χ0v) is 12.2. The standard InChI is InChI=1S/C15H28N4/c1-2-9-18-10-3-5-15(6-12-18)17-7-4-11-19-13-8-16-14-19/h8,13-15,17H,2-7,9-12H2,1H3. The fourth-order valence-electron chi connectivity index (χ4n) is 2.89. The molecule has 1 N–H and O–H groups in total. The van der Waals surface area contributed by atoms with Gasteiger partial charge in [-0.3, -0.25) is 0 Å². The van der Waals surface area contributed by atoms with Crippen LogP contribution in [0.3, 0.4) is 0 Å². The lowest BCUT2D eigenvalue weighted by molar-refractivity contribution is 0.282. The van der Waals surface area contributed by atoms with Crippen LogP contribution in [0.25, 0.3) is 0 Å². The Morgan fingerprint density at radius 2 is 2.21 bits per heavy atom. The molecule has 19 heavy (non-hydrogen) atoms. The SMILES string of the molecule is CCCN1CCCC(NCCCn2ccnc2)CC1. The van der Waals surface area contributed by atoms with Crippen LogP contribution < -0.4 is 5.32 Å². The highest BCUT2D eigenvalue weighted by molar-refractivity contribution is 4.76. The van der Waals surface area contributed by atoms with Crippen molar-refractivity contribution in [2.75, 3.05) is 26.2 Å². The molecule has 0 saturated carbocycles. The molecule has 1 aromatic heterocycles. The first kappa shape index (κ1) is 14.5. The molecule has 108 valence electrons. The second kappa shape index (κ2) is 8.33. The van der Waals surface area contributed by atoms with Gasteiger partial charge in [0.15, 0.2) is 0 Å². The van der Waals surface area contributed by atoms with Crippen molar-refractivity contribution in [3.05, 3.63) is 18.7 Å². The quantitative estimate of drug-likeness (QED) is 0.766. The minimum Gasteiger partial charge on any atom is -0.337 e. The first-order valence-electron chi connectivity index (χ1n) is 7.80. The summed E-state index contributed by atoms with van der Waals surface area (Å²) >= 11 is 0. The molecular formula is C15H28N4. The van der Waals surface area contributed by atoms with Crippen molar-refractivity contribution >= 4 is 0 Å². The van der Waals surface area contributed by atoms with Crippen molar-refractivity contribution in [1.82, 2.24) is 19.8 Å². The van der Waals surface area contributed by atoms with Crippen LogP contribution in [0.4, 0.5) is 0 Å². The summed E-state index contributed by atoms with van der Waals surface area (Å²) in [6.07, 6.45) is 12.2. The summed E-state index contributed by atoms with van der Waals surface area (Å²) < 4.78 is 2.15. The Labute approximate surface area is 117 Å². The van der Waals surface area contributed by atoms with E-state index >= 15 is 0 Å². The van der Waals surface area contributed by atoms with Crippen LogP contribution in [0.5, 0.6) is 0 Å². The van der Waals surface area contributed by atoms with E-state index in [2.05, 4.69) is 26.7 Å². The zero-order chi connectivity index (χ0) is 13.3. The molecule has 1 aliphatic rings. The van der Waals surface area contributed by atoms with E-state index in [-0.39, 0.29) is 0 Å². The van der Waals surface area contributed by atoms with Gasteiger partial charge in [-0.25, -0.2) is 4.98 Å². The molecule has 1 atom stereocenters. The third-order valence-electron chi connectivity index (χ3n) is 3.95. The van der Waals surface area contributed by atoms with E-state index in [9.17, 15) is 0 Å².